The van der Waals surface area contributed by atoms with E-state index in [-0.39, 0.29) is 11.7 Å². The fourth-order valence-corrected chi connectivity index (χ4v) is 1.96. The van der Waals surface area contributed by atoms with E-state index in [4.69, 9.17) is 21.6 Å². The highest BCUT2D eigenvalue weighted by atomic mass is 35.5. The standard InChI is InChI=1S/C9H12ClNO2/c1-8(2)6(4-13-3)7(12)9(8,10)5-11/h6H,4H2,1-3H3. The summed E-state index contributed by atoms with van der Waals surface area (Å²) in [5.74, 6) is -0.474. The predicted molar refractivity (Wildman–Crippen MR) is 48.4 cm³/mol. The van der Waals surface area contributed by atoms with E-state index in [1.165, 1.54) is 7.11 Å². The molecule has 72 valence electrons. The molecule has 1 fully saturated rings. The minimum Gasteiger partial charge on any atom is -0.384 e. The molecule has 13 heavy (non-hydrogen) atoms. The van der Waals surface area contributed by atoms with Crippen molar-refractivity contribution in [2.24, 2.45) is 11.3 Å². The van der Waals surface area contributed by atoms with Crippen molar-refractivity contribution in [3.8, 4) is 6.07 Å². The topological polar surface area (TPSA) is 50.1 Å². The van der Waals surface area contributed by atoms with E-state index >= 15 is 0 Å². The molecule has 0 heterocycles. The summed E-state index contributed by atoms with van der Waals surface area (Å²) in [6.45, 7) is 3.96. The van der Waals surface area contributed by atoms with Crippen molar-refractivity contribution in [2.45, 2.75) is 18.7 Å². The zero-order chi connectivity index (χ0) is 10.3. The van der Waals surface area contributed by atoms with Gasteiger partial charge in [-0.15, -0.1) is 0 Å². The van der Waals surface area contributed by atoms with Crippen LogP contribution in [-0.4, -0.2) is 24.4 Å². The summed E-state index contributed by atoms with van der Waals surface area (Å²) < 4.78 is 4.90. The van der Waals surface area contributed by atoms with Crippen LogP contribution in [0.25, 0.3) is 0 Å². The molecule has 0 aliphatic heterocycles. The molecular formula is C9H12ClNO2. The molecule has 4 heteroatoms. The lowest BCUT2D eigenvalue weighted by Gasteiger charge is -2.51. The van der Waals surface area contributed by atoms with Crippen LogP contribution < -0.4 is 0 Å². The van der Waals surface area contributed by atoms with Gasteiger partial charge in [-0.1, -0.05) is 25.4 Å². The van der Waals surface area contributed by atoms with Gasteiger partial charge in [0.1, 0.15) is 0 Å². The Kier molecular flexibility index (Phi) is 2.40. The van der Waals surface area contributed by atoms with Crippen molar-refractivity contribution in [1.82, 2.24) is 0 Å². The van der Waals surface area contributed by atoms with Gasteiger partial charge in [0.05, 0.1) is 18.6 Å². The molecule has 3 nitrogen and oxygen atoms in total. The SMILES string of the molecule is COCC1C(=O)C(Cl)(C#N)C1(C)C. The van der Waals surface area contributed by atoms with Gasteiger partial charge in [0.25, 0.3) is 0 Å². The highest BCUT2D eigenvalue weighted by molar-refractivity contribution is 6.41. The monoisotopic (exact) mass is 201 g/mol. The second kappa shape index (κ2) is 2.97. The van der Waals surface area contributed by atoms with Crippen LogP contribution in [-0.2, 0) is 9.53 Å². The van der Waals surface area contributed by atoms with Gasteiger partial charge in [-0.2, -0.15) is 5.26 Å². The van der Waals surface area contributed by atoms with Crippen LogP contribution in [0.3, 0.4) is 0 Å². The van der Waals surface area contributed by atoms with Crippen molar-refractivity contribution >= 4 is 17.4 Å². The van der Waals surface area contributed by atoms with Crippen LogP contribution in [0.15, 0.2) is 0 Å². The van der Waals surface area contributed by atoms with E-state index < -0.39 is 10.3 Å². The Bertz CT molecular complexity index is 282. The molecule has 1 saturated carbocycles. The van der Waals surface area contributed by atoms with Gasteiger partial charge in [0.2, 0.25) is 0 Å². The number of hydrogen-bond donors (Lipinski definition) is 0. The smallest absolute Gasteiger partial charge is 0.194 e. The summed E-state index contributed by atoms with van der Waals surface area (Å²) in [5, 5.41) is 8.79. The van der Waals surface area contributed by atoms with E-state index in [0.29, 0.717) is 6.61 Å². The van der Waals surface area contributed by atoms with E-state index in [0.717, 1.165) is 0 Å². The maximum Gasteiger partial charge on any atom is 0.194 e. The van der Waals surface area contributed by atoms with E-state index in [1.54, 1.807) is 0 Å². The molecule has 0 aromatic rings. The molecule has 0 N–H and O–H groups in total. The van der Waals surface area contributed by atoms with Crippen LogP contribution in [0.4, 0.5) is 0 Å². The molecule has 0 amide bonds. The zero-order valence-electron chi connectivity index (χ0n) is 7.93. The zero-order valence-corrected chi connectivity index (χ0v) is 8.68. The molecule has 0 bridgehead atoms. The highest BCUT2D eigenvalue weighted by Gasteiger charge is 2.67. The molecule has 0 aromatic heterocycles. The number of ether oxygens (including phenoxy) is 1. The first-order chi connectivity index (χ1) is 5.91. The Morgan fingerprint density at radius 2 is 2.23 bits per heavy atom. The van der Waals surface area contributed by atoms with Crippen molar-refractivity contribution in [2.75, 3.05) is 13.7 Å². The van der Waals surface area contributed by atoms with Gasteiger partial charge in [-0.05, 0) is 0 Å². The summed E-state index contributed by atoms with van der Waals surface area (Å²) in [6.07, 6.45) is 0. The molecule has 2 unspecified atom stereocenters. The molecule has 1 aliphatic rings. The number of hydrogen-bond acceptors (Lipinski definition) is 3. The number of methoxy groups -OCH3 is 1. The summed E-state index contributed by atoms with van der Waals surface area (Å²) in [4.78, 5) is 10.1. The van der Waals surface area contributed by atoms with Crippen molar-refractivity contribution in [3.63, 3.8) is 0 Å². The average Bonchev–Trinajstić information content (AvgIpc) is 2.11. The number of alkyl halides is 1. The number of rotatable bonds is 2. The maximum atomic E-state index is 11.5. The maximum absolute atomic E-state index is 11.5. The van der Waals surface area contributed by atoms with Gasteiger partial charge in [-0.3, -0.25) is 4.79 Å². The van der Waals surface area contributed by atoms with Gasteiger partial charge in [0.15, 0.2) is 10.7 Å². The van der Waals surface area contributed by atoms with Crippen LogP contribution in [0.2, 0.25) is 0 Å². The molecular weight excluding hydrogens is 190 g/mol. The van der Waals surface area contributed by atoms with Gasteiger partial charge >= 0.3 is 0 Å². The lowest BCUT2D eigenvalue weighted by atomic mass is 9.54. The quantitative estimate of drug-likeness (QED) is 0.634. The normalized spacial score (nSPS) is 36.5. The first-order valence-electron chi connectivity index (χ1n) is 4.05. The second-order valence-corrected chi connectivity index (χ2v) is 4.43. The van der Waals surface area contributed by atoms with Gasteiger partial charge in [0, 0.05) is 12.5 Å². The molecule has 0 saturated heterocycles. The number of Topliss-reactive ketones (excluding diaryl/α,β-unsaturated/α-hetero) is 1. The minimum absolute atomic E-state index is 0.219. The number of carbonyl (C=O) groups excluding carboxylic acids is 1. The Morgan fingerprint density at radius 1 is 1.69 bits per heavy atom. The molecule has 2 atom stereocenters. The Labute approximate surface area is 82.6 Å². The number of ketones is 1. The predicted octanol–water partition coefficient (Wildman–Crippen LogP) is 1.36. The number of nitriles is 1. The fraction of sp³-hybridized carbons (Fsp3) is 0.778. The summed E-state index contributed by atoms with van der Waals surface area (Å²) in [6, 6.07) is 1.87. The van der Waals surface area contributed by atoms with Crippen molar-refractivity contribution in [1.29, 1.82) is 5.26 Å². The molecule has 1 aliphatic carbocycles. The highest BCUT2D eigenvalue weighted by Crippen LogP contribution is 2.54. The van der Waals surface area contributed by atoms with Crippen LogP contribution in [0.1, 0.15) is 13.8 Å². The molecule has 0 aromatic carbocycles. The number of carbonyl (C=O) groups is 1. The third-order valence-corrected chi connectivity index (χ3v) is 3.66. The number of nitrogens with zero attached hydrogens (tertiary/aromatic N) is 1. The van der Waals surface area contributed by atoms with E-state index in [1.807, 2.05) is 19.9 Å². The lowest BCUT2D eigenvalue weighted by molar-refractivity contribution is -0.148. The first kappa shape index (κ1) is 10.5. The van der Waals surface area contributed by atoms with E-state index in [2.05, 4.69) is 0 Å². The van der Waals surface area contributed by atoms with Crippen molar-refractivity contribution < 1.29 is 9.53 Å². The van der Waals surface area contributed by atoms with Gasteiger partial charge < -0.3 is 4.74 Å². The lowest BCUT2D eigenvalue weighted by Crippen LogP contribution is -2.66. The fourth-order valence-electron chi connectivity index (χ4n) is 1.70. The number of halogens is 1. The molecule has 1 rings (SSSR count). The van der Waals surface area contributed by atoms with E-state index in [9.17, 15) is 4.79 Å². The van der Waals surface area contributed by atoms with Crippen LogP contribution >= 0.6 is 11.6 Å². The molecule has 0 spiro atoms. The average molecular weight is 202 g/mol. The largest absolute Gasteiger partial charge is 0.384 e. The third kappa shape index (κ3) is 1.09. The summed E-state index contributed by atoms with van der Waals surface area (Å²) >= 11 is 5.90. The summed E-state index contributed by atoms with van der Waals surface area (Å²) in [7, 11) is 1.53. The first-order valence-corrected chi connectivity index (χ1v) is 4.43. The van der Waals surface area contributed by atoms with Gasteiger partial charge in [-0.25, -0.2) is 0 Å². The Balaban J connectivity index is 2.90. The Morgan fingerprint density at radius 3 is 2.54 bits per heavy atom. The second-order valence-electron chi connectivity index (χ2n) is 3.86. The van der Waals surface area contributed by atoms with Crippen molar-refractivity contribution in [3.05, 3.63) is 0 Å². The molecule has 0 radical (unpaired) electrons. The third-order valence-electron chi connectivity index (χ3n) is 2.90. The minimum atomic E-state index is -1.35. The Hall–Kier alpha value is -0.590. The summed E-state index contributed by atoms with van der Waals surface area (Å²) in [5.41, 5.74) is -0.504. The van der Waals surface area contributed by atoms with Crippen LogP contribution in [0, 0.1) is 22.7 Å². The van der Waals surface area contributed by atoms with Crippen LogP contribution in [0.5, 0.6) is 0 Å².